The Morgan fingerprint density at radius 2 is 1.79 bits per heavy atom. The Bertz CT molecular complexity index is 723. The minimum Gasteiger partial charge on any atom is -0.304 e. The molecule has 0 saturated carbocycles. The van der Waals surface area contributed by atoms with Crippen LogP contribution in [0.4, 0.5) is 0 Å². The molecule has 1 fully saturated rings. The van der Waals surface area contributed by atoms with Gasteiger partial charge in [-0.05, 0) is 49.1 Å². The molecule has 126 valence electrons. The van der Waals surface area contributed by atoms with Crippen molar-refractivity contribution in [3.8, 4) is 0 Å². The Kier molecular flexibility index (Phi) is 4.90. The summed E-state index contributed by atoms with van der Waals surface area (Å²) in [6.45, 7) is 4.67. The van der Waals surface area contributed by atoms with Crippen LogP contribution in [-0.4, -0.2) is 49.3 Å². The molecule has 0 bridgehead atoms. The molecule has 0 N–H and O–H groups in total. The molecule has 2 aliphatic heterocycles. The maximum Gasteiger partial charge on any atom is 0.0401 e. The van der Waals surface area contributed by atoms with E-state index in [1.165, 1.54) is 38.9 Å². The smallest absolute Gasteiger partial charge is 0.0401 e. The van der Waals surface area contributed by atoms with Crippen molar-refractivity contribution >= 4 is 23.5 Å². The van der Waals surface area contributed by atoms with E-state index in [1.807, 2.05) is 23.5 Å². The normalized spacial score (nSPS) is 21.8. The number of thioether (sulfide) groups is 1. The van der Waals surface area contributed by atoms with Crippen molar-refractivity contribution in [1.82, 2.24) is 9.80 Å². The highest BCUT2D eigenvalue weighted by Crippen LogP contribution is 2.44. The average molecular weight is 357 g/mol. The summed E-state index contributed by atoms with van der Waals surface area (Å²) in [6, 6.07) is 16.5. The number of hydrogen-bond donors (Lipinski definition) is 0. The second-order valence-electron chi connectivity index (χ2n) is 6.67. The lowest BCUT2D eigenvalue weighted by atomic mass is 9.96. The van der Waals surface area contributed by atoms with Gasteiger partial charge in [0.15, 0.2) is 0 Å². The molecule has 1 atom stereocenters. The van der Waals surface area contributed by atoms with Crippen LogP contribution in [0.5, 0.6) is 0 Å². The number of piperazine rings is 1. The summed E-state index contributed by atoms with van der Waals surface area (Å²) in [5.41, 5.74) is 3.01. The summed E-state index contributed by atoms with van der Waals surface area (Å²) in [7, 11) is 2.23. The van der Waals surface area contributed by atoms with Crippen LogP contribution in [0.3, 0.4) is 0 Å². The molecule has 2 aliphatic rings. The van der Waals surface area contributed by atoms with Gasteiger partial charge in [0.25, 0.3) is 0 Å². The van der Waals surface area contributed by atoms with Crippen molar-refractivity contribution in [3.05, 3.63) is 53.6 Å². The highest BCUT2D eigenvalue weighted by Gasteiger charge is 2.29. The maximum atomic E-state index is 2.69. The van der Waals surface area contributed by atoms with Crippen molar-refractivity contribution in [1.29, 1.82) is 0 Å². The molecule has 1 saturated heterocycles. The van der Waals surface area contributed by atoms with Gasteiger partial charge in [0.2, 0.25) is 0 Å². The van der Waals surface area contributed by atoms with E-state index in [-0.39, 0.29) is 0 Å². The first-order valence-electron chi connectivity index (χ1n) is 8.61. The van der Waals surface area contributed by atoms with Crippen molar-refractivity contribution in [2.45, 2.75) is 27.1 Å². The molecule has 0 aliphatic carbocycles. The van der Waals surface area contributed by atoms with E-state index in [9.17, 15) is 0 Å². The van der Waals surface area contributed by atoms with E-state index in [0.29, 0.717) is 6.04 Å². The Balaban J connectivity index is 1.75. The molecule has 2 heterocycles. The largest absolute Gasteiger partial charge is 0.304 e. The lowest BCUT2D eigenvalue weighted by Crippen LogP contribution is -2.46. The molecule has 0 radical (unpaired) electrons. The summed E-state index contributed by atoms with van der Waals surface area (Å²) in [6.07, 6.45) is 3.29. The van der Waals surface area contributed by atoms with Crippen LogP contribution in [-0.2, 0) is 6.42 Å². The molecule has 0 amide bonds. The molecule has 0 spiro atoms. The zero-order chi connectivity index (χ0) is 16.5. The Morgan fingerprint density at radius 3 is 2.58 bits per heavy atom. The number of fused-ring (bicyclic) bond motifs is 2. The molecular weight excluding hydrogens is 332 g/mol. The molecular formula is C20H24N2S2. The second-order valence-corrected chi connectivity index (χ2v) is 8.64. The Labute approximate surface area is 153 Å². The van der Waals surface area contributed by atoms with Gasteiger partial charge < -0.3 is 4.90 Å². The van der Waals surface area contributed by atoms with Crippen LogP contribution in [0, 0.1) is 0 Å². The van der Waals surface area contributed by atoms with Crippen LogP contribution in [0.25, 0.3) is 0 Å². The Morgan fingerprint density at radius 1 is 1.00 bits per heavy atom. The lowest BCUT2D eigenvalue weighted by Gasteiger charge is -2.38. The quantitative estimate of drug-likeness (QED) is 0.735. The van der Waals surface area contributed by atoms with Crippen molar-refractivity contribution in [2.24, 2.45) is 0 Å². The van der Waals surface area contributed by atoms with E-state index in [0.717, 1.165) is 19.5 Å². The fraction of sp³-hybridized carbons (Fsp3) is 0.400. The van der Waals surface area contributed by atoms with Gasteiger partial charge in [-0.25, -0.2) is 0 Å². The molecule has 4 rings (SSSR count). The van der Waals surface area contributed by atoms with Gasteiger partial charge in [0, 0.05) is 46.9 Å². The van der Waals surface area contributed by atoms with E-state index in [2.05, 4.69) is 65.6 Å². The summed E-state index contributed by atoms with van der Waals surface area (Å²) in [4.78, 5) is 9.36. The summed E-state index contributed by atoms with van der Waals surface area (Å²) >= 11 is 3.78. The van der Waals surface area contributed by atoms with Gasteiger partial charge >= 0.3 is 0 Å². The first-order valence-corrected chi connectivity index (χ1v) is 10.6. The lowest BCUT2D eigenvalue weighted by molar-refractivity contribution is 0.110. The van der Waals surface area contributed by atoms with Crippen molar-refractivity contribution in [3.63, 3.8) is 0 Å². The monoisotopic (exact) mass is 356 g/mol. The molecule has 2 aromatic carbocycles. The molecule has 2 aromatic rings. The molecule has 1 unspecified atom stereocenters. The van der Waals surface area contributed by atoms with E-state index in [4.69, 9.17) is 0 Å². The third-order valence-corrected chi connectivity index (χ3v) is 7.08. The minimum atomic E-state index is 0.501. The third kappa shape index (κ3) is 3.25. The highest BCUT2D eigenvalue weighted by molar-refractivity contribution is 8.00. The summed E-state index contributed by atoms with van der Waals surface area (Å²) < 4.78 is 0. The number of likely N-dealkylation sites (N-methyl/N-ethyl adjacent to an activating group) is 1. The van der Waals surface area contributed by atoms with E-state index >= 15 is 0 Å². The third-order valence-electron chi connectivity index (χ3n) is 5.16. The van der Waals surface area contributed by atoms with Crippen LogP contribution in [0.15, 0.2) is 57.2 Å². The van der Waals surface area contributed by atoms with E-state index < -0.39 is 0 Å². The first-order chi connectivity index (χ1) is 11.7. The van der Waals surface area contributed by atoms with Gasteiger partial charge in [0.1, 0.15) is 0 Å². The predicted octanol–water partition coefficient (Wildman–Crippen LogP) is 4.40. The highest BCUT2D eigenvalue weighted by atomic mass is 32.2. The number of hydrogen-bond acceptors (Lipinski definition) is 4. The second kappa shape index (κ2) is 7.12. The summed E-state index contributed by atoms with van der Waals surface area (Å²) in [5.74, 6) is 0. The predicted molar refractivity (Wildman–Crippen MR) is 104 cm³/mol. The maximum absolute atomic E-state index is 2.69. The first kappa shape index (κ1) is 16.5. The molecule has 24 heavy (non-hydrogen) atoms. The zero-order valence-corrected chi connectivity index (χ0v) is 16.0. The van der Waals surface area contributed by atoms with Crippen LogP contribution in [0.1, 0.15) is 17.2 Å². The van der Waals surface area contributed by atoms with Gasteiger partial charge in [-0.15, -0.1) is 11.8 Å². The molecule has 4 heteroatoms. The van der Waals surface area contributed by atoms with E-state index in [1.54, 1.807) is 0 Å². The molecule has 2 nitrogen and oxygen atoms in total. The SMILES string of the molecule is CSc1ccc2c(c1)Sc1ccccc1CC2N1CCN(C)CC1. The number of rotatable bonds is 2. The van der Waals surface area contributed by atoms with Gasteiger partial charge in [0.05, 0.1) is 0 Å². The molecule has 0 aromatic heterocycles. The standard InChI is InChI=1S/C20H24N2S2/c1-21-9-11-22(12-10-21)18-13-15-5-3-4-6-19(15)24-20-14-16(23-2)7-8-17(18)20/h3-8,14,18H,9-13H2,1-2H3. The van der Waals surface area contributed by atoms with Gasteiger partial charge in [-0.3, -0.25) is 4.90 Å². The number of benzene rings is 2. The van der Waals surface area contributed by atoms with Crippen LogP contribution in [0.2, 0.25) is 0 Å². The van der Waals surface area contributed by atoms with Crippen LogP contribution < -0.4 is 0 Å². The van der Waals surface area contributed by atoms with Crippen molar-refractivity contribution < 1.29 is 0 Å². The topological polar surface area (TPSA) is 6.48 Å². The summed E-state index contributed by atoms with van der Waals surface area (Å²) in [5, 5.41) is 0. The van der Waals surface area contributed by atoms with Gasteiger partial charge in [-0.1, -0.05) is 36.0 Å². The van der Waals surface area contributed by atoms with Gasteiger partial charge in [-0.2, -0.15) is 0 Å². The fourth-order valence-electron chi connectivity index (χ4n) is 3.67. The number of nitrogens with zero attached hydrogens (tertiary/aromatic N) is 2. The minimum absolute atomic E-state index is 0.501. The zero-order valence-electron chi connectivity index (χ0n) is 14.4. The van der Waals surface area contributed by atoms with Crippen molar-refractivity contribution in [2.75, 3.05) is 39.5 Å². The average Bonchev–Trinajstić information content (AvgIpc) is 2.78. The fourth-order valence-corrected chi connectivity index (χ4v) is 5.36. The van der Waals surface area contributed by atoms with Crippen LogP contribution >= 0.6 is 23.5 Å². The Hall–Kier alpha value is -0.940.